The summed E-state index contributed by atoms with van der Waals surface area (Å²) in [6.07, 6.45) is 3.14. The van der Waals surface area contributed by atoms with Crippen molar-refractivity contribution in [3.8, 4) is 17.1 Å². The lowest BCUT2D eigenvalue weighted by Gasteiger charge is -2.04. The van der Waals surface area contributed by atoms with E-state index in [0.29, 0.717) is 16.7 Å². The molecule has 0 atom stereocenters. The molecule has 84 valence electrons. The number of methoxy groups -OCH3 is 1. The maximum absolute atomic E-state index is 6.00. The summed E-state index contributed by atoms with van der Waals surface area (Å²) < 4.78 is 6.93. The van der Waals surface area contributed by atoms with Crippen LogP contribution in [0.15, 0.2) is 12.4 Å². The second-order valence-corrected chi connectivity index (χ2v) is 3.65. The molecule has 2 aromatic heterocycles. The van der Waals surface area contributed by atoms with Gasteiger partial charge >= 0.3 is 0 Å². The van der Waals surface area contributed by atoms with E-state index in [4.69, 9.17) is 16.3 Å². The Kier molecular flexibility index (Phi) is 2.78. The molecule has 0 N–H and O–H groups in total. The number of halogens is 1. The van der Waals surface area contributed by atoms with Crippen molar-refractivity contribution in [1.82, 2.24) is 19.7 Å². The highest BCUT2D eigenvalue weighted by Crippen LogP contribution is 2.34. The number of aryl methyl sites for hydroxylation is 2. The number of hydrogen-bond acceptors (Lipinski definition) is 4. The molecule has 0 aliphatic heterocycles. The van der Waals surface area contributed by atoms with Crippen LogP contribution in [0.25, 0.3) is 11.3 Å². The lowest BCUT2D eigenvalue weighted by molar-refractivity contribution is 0.374. The molecule has 0 saturated heterocycles. The first-order valence-corrected chi connectivity index (χ1v) is 5.07. The second kappa shape index (κ2) is 4.09. The van der Waals surface area contributed by atoms with Gasteiger partial charge in [0.25, 0.3) is 0 Å². The van der Waals surface area contributed by atoms with Crippen molar-refractivity contribution in [3.05, 3.63) is 23.2 Å². The normalized spacial score (nSPS) is 10.5. The number of ether oxygens (including phenoxy) is 1. The van der Waals surface area contributed by atoms with E-state index in [-0.39, 0.29) is 0 Å². The van der Waals surface area contributed by atoms with Crippen LogP contribution >= 0.6 is 11.6 Å². The SMILES string of the molecule is COc1c(-c2nccnc2Cl)c(C)nn1C. The van der Waals surface area contributed by atoms with Gasteiger partial charge in [0.15, 0.2) is 5.15 Å². The summed E-state index contributed by atoms with van der Waals surface area (Å²) in [6.45, 7) is 1.88. The van der Waals surface area contributed by atoms with Crippen LogP contribution in [-0.4, -0.2) is 26.9 Å². The quantitative estimate of drug-likeness (QED) is 0.801. The third kappa shape index (κ3) is 1.63. The molecule has 0 bridgehead atoms. The standard InChI is InChI=1S/C10H11ClN4O/c1-6-7(10(16-3)15(2)14-6)8-9(11)13-5-4-12-8/h4-5H,1-3H3. The lowest BCUT2D eigenvalue weighted by Crippen LogP contribution is -1.96. The van der Waals surface area contributed by atoms with Crippen molar-refractivity contribution in [1.29, 1.82) is 0 Å². The van der Waals surface area contributed by atoms with Gasteiger partial charge in [-0.1, -0.05) is 11.6 Å². The molecule has 6 heteroatoms. The molecule has 0 fully saturated rings. The van der Waals surface area contributed by atoms with Crippen LogP contribution in [0.4, 0.5) is 0 Å². The molecule has 0 amide bonds. The summed E-state index contributed by atoms with van der Waals surface area (Å²) in [5, 5.41) is 4.61. The zero-order valence-electron chi connectivity index (χ0n) is 9.23. The van der Waals surface area contributed by atoms with Crippen molar-refractivity contribution in [2.45, 2.75) is 6.92 Å². The molecule has 16 heavy (non-hydrogen) atoms. The molecule has 2 heterocycles. The van der Waals surface area contributed by atoms with Crippen LogP contribution < -0.4 is 4.74 Å². The fourth-order valence-corrected chi connectivity index (χ4v) is 1.83. The first-order chi connectivity index (χ1) is 7.65. The Labute approximate surface area is 98.0 Å². The Hall–Kier alpha value is -1.62. The molecule has 0 radical (unpaired) electrons. The number of hydrogen-bond donors (Lipinski definition) is 0. The molecule has 0 aromatic carbocycles. The topological polar surface area (TPSA) is 52.8 Å². The van der Waals surface area contributed by atoms with Gasteiger partial charge in [-0.05, 0) is 6.92 Å². The fourth-order valence-electron chi connectivity index (χ4n) is 1.63. The summed E-state index contributed by atoms with van der Waals surface area (Å²) in [5.74, 6) is 0.625. The van der Waals surface area contributed by atoms with Crippen molar-refractivity contribution < 1.29 is 4.74 Å². The van der Waals surface area contributed by atoms with Crippen molar-refractivity contribution in [2.24, 2.45) is 7.05 Å². The van der Waals surface area contributed by atoms with Gasteiger partial charge in [-0.3, -0.25) is 4.98 Å². The summed E-state index contributed by atoms with van der Waals surface area (Å²) in [5.41, 5.74) is 2.18. The maximum atomic E-state index is 6.00. The van der Waals surface area contributed by atoms with Gasteiger partial charge in [0.05, 0.1) is 18.4 Å². The molecular weight excluding hydrogens is 228 g/mol. The van der Waals surface area contributed by atoms with Crippen molar-refractivity contribution in [3.63, 3.8) is 0 Å². The molecule has 0 saturated carbocycles. The van der Waals surface area contributed by atoms with Crippen LogP contribution in [0.5, 0.6) is 5.88 Å². The first-order valence-electron chi connectivity index (χ1n) is 4.69. The van der Waals surface area contributed by atoms with Gasteiger partial charge in [-0.15, -0.1) is 0 Å². The predicted molar refractivity (Wildman–Crippen MR) is 60.5 cm³/mol. The van der Waals surface area contributed by atoms with E-state index in [0.717, 1.165) is 11.3 Å². The summed E-state index contributed by atoms with van der Waals surface area (Å²) in [7, 11) is 3.39. The molecule has 0 aliphatic rings. The fraction of sp³-hybridized carbons (Fsp3) is 0.300. The highest BCUT2D eigenvalue weighted by atomic mass is 35.5. The molecule has 0 unspecified atom stereocenters. The highest BCUT2D eigenvalue weighted by Gasteiger charge is 2.19. The van der Waals surface area contributed by atoms with Crippen molar-refractivity contribution >= 4 is 11.6 Å². The average Bonchev–Trinajstić information content (AvgIpc) is 2.54. The monoisotopic (exact) mass is 238 g/mol. The Morgan fingerprint density at radius 3 is 2.62 bits per heavy atom. The third-order valence-electron chi connectivity index (χ3n) is 2.25. The van der Waals surface area contributed by atoms with Crippen LogP contribution in [0.3, 0.4) is 0 Å². The molecule has 0 spiro atoms. The Balaban J connectivity index is 2.69. The molecule has 5 nitrogen and oxygen atoms in total. The molecule has 2 aromatic rings. The van der Waals surface area contributed by atoms with Gasteiger partial charge in [-0.25, -0.2) is 9.67 Å². The second-order valence-electron chi connectivity index (χ2n) is 3.29. The van der Waals surface area contributed by atoms with E-state index < -0.39 is 0 Å². The van der Waals surface area contributed by atoms with Gasteiger partial charge in [0.2, 0.25) is 5.88 Å². The first kappa shape index (κ1) is 10.9. The summed E-state index contributed by atoms with van der Waals surface area (Å²) in [6, 6.07) is 0. The van der Waals surface area contributed by atoms with E-state index in [2.05, 4.69) is 15.1 Å². The maximum Gasteiger partial charge on any atom is 0.221 e. The van der Waals surface area contributed by atoms with E-state index in [1.807, 2.05) is 6.92 Å². The average molecular weight is 239 g/mol. The lowest BCUT2D eigenvalue weighted by atomic mass is 10.2. The third-order valence-corrected chi connectivity index (χ3v) is 2.53. The summed E-state index contributed by atoms with van der Waals surface area (Å²) in [4.78, 5) is 8.20. The zero-order valence-corrected chi connectivity index (χ0v) is 9.99. The Morgan fingerprint density at radius 1 is 1.31 bits per heavy atom. The Morgan fingerprint density at radius 2 is 2.00 bits per heavy atom. The van der Waals surface area contributed by atoms with E-state index in [9.17, 15) is 0 Å². The van der Waals surface area contributed by atoms with Crippen LogP contribution in [0.1, 0.15) is 5.69 Å². The van der Waals surface area contributed by atoms with E-state index in [1.54, 1.807) is 31.2 Å². The number of nitrogens with zero attached hydrogens (tertiary/aromatic N) is 4. The van der Waals surface area contributed by atoms with Gasteiger partial charge in [0, 0.05) is 19.4 Å². The number of aromatic nitrogens is 4. The van der Waals surface area contributed by atoms with Gasteiger partial charge in [0.1, 0.15) is 5.69 Å². The van der Waals surface area contributed by atoms with E-state index in [1.165, 1.54) is 0 Å². The largest absolute Gasteiger partial charge is 0.481 e. The minimum atomic E-state index is 0.344. The predicted octanol–water partition coefficient (Wildman–Crippen LogP) is 1.85. The molecule has 0 aliphatic carbocycles. The van der Waals surface area contributed by atoms with E-state index >= 15 is 0 Å². The van der Waals surface area contributed by atoms with Crippen molar-refractivity contribution in [2.75, 3.05) is 7.11 Å². The minimum Gasteiger partial charge on any atom is -0.481 e. The van der Waals surface area contributed by atoms with Crippen LogP contribution in [0, 0.1) is 6.92 Å². The van der Waals surface area contributed by atoms with Crippen LogP contribution in [0.2, 0.25) is 5.15 Å². The highest BCUT2D eigenvalue weighted by molar-refractivity contribution is 6.31. The zero-order chi connectivity index (χ0) is 11.7. The molecule has 2 rings (SSSR count). The summed E-state index contributed by atoms with van der Waals surface area (Å²) >= 11 is 6.00. The molecular formula is C10H11ClN4O. The smallest absolute Gasteiger partial charge is 0.221 e. The number of rotatable bonds is 2. The van der Waals surface area contributed by atoms with Gasteiger partial charge in [-0.2, -0.15) is 5.10 Å². The van der Waals surface area contributed by atoms with Gasteiger partial charge < -0.3 is 4.74 Å². The minimum absolute atomic E-state index is 0.344. The Bertz CT molecular complexity index is 524. The van der Waals surface area contributed by atoms with Crippen LogP contribution in [-0.2, 0) is 7.05 Å².